The molecular weight excluding hydrogens is 196 g/mol. The summed E-state index contributed by atoms with van der Waals surface area (Å²) < 4.78 is 0. The van der Waals surface area contributed by atoms with Gasteiger partial charge in [0.05, 0.1) is 0 Å². The van der Waals surface area contributed by atoms with Crippen LogP contribution in [0.5, 0.6) is 0 Å². The minimum absolute atomic E-state index is 0.536. The van der Waals surface area contributed by atoms with Gasteiger partial charge in [0.2, 0.25) is 0 Å². The van der Waals surface area contributed by atoms with Crippen molar-refractivity contribution in [1.82, 2.24) is 5.32 Å². The van der Waals surface area contributed by atoms with Crippen LogP contribution in [-0.4, -0.2) is 18.6 Å². The van der Waals surface area contributed by atoms with Gasteiger partial charge in [0, 0.05) is 18.6 Å². The highest BCUT2D eigenvalue weighted by Crippen LogP contribution is 2.17. The molecule has 2 aliphatic rings. The summed E-state index contributed by atoms with van der Waals surface area (Å²) in [6, 6.07) is 1.33. The molecule has 0 amide bonds. The molecule has 2 heteroatoms. The summed E-state index contributed by atoms with van der Waals surface area (Å²) >= 11 is 0. The van der Waals surface area contributed by atoms with Crippen LogP contribution >= 0.6 is 0 Å². The molecule has 0 spiro atoms. The second-order valence-electron chi connectivity index (χ2n) is 5.08. The van der Waals surface area contributed by atoms with Crippen LogP contribution in [0, 0.1) is 0 Å². The second kappa shape index (κ2) is 8.77. The van der Waals surface area contributed by atoms with E-state index >= 15 is 0 Å². The van der Waals surface area contributed by atoms with E-state index in [-0.39, 0.29) is 0 Å². The predicted molar refractivity (Wildman–Crippen MR) is 71.5 cm³/mol. The molecule has 2 rings (SSSR count). The van der Waals surface area contributed by atoms with Crippen LogP contribution in [0.2, 0.25) is 0 Å². The molecule has 3 N–H and O–H groups in total. The van der Waals surface area contributed by atoms with Gasteiger partial charge in [0.25, 0.3) is 0 Å². The molecule has 0 atom stereocenters. The molecule has 0 aromatic heterocycles. The van der Waals surface area contributed by atoms with Crippen molar-refractivity contribution in [2.45, 2.75) is 69.9 Å². The highest BCUT2D eigenvalue weighted by molar-refractivity contribution is 4.78. The van der Waals surface area contributed by atoms with Gasteiger partial charge in [-0.15, -0.1) is 6.58 Å². The van der Waals surface area contributed by atoms with Crippen LogP contribution < -0.4 is 11.1 Å². The first-order valence-corrected chi connectivity index (χ1v) is 6.93. The van der Waals surface area contributed by atoms with Crippen LogP contribution in [0.3, 0.4) is 0 Å². The zero-order valence-corrected chi connectivity index (χ0v) is 10.6. The Morgan fingerprint density at radius 2 is 1.56 bits per heavy atom. The van der Waals surface area contributed by atoms with E-state index in [4.69, 9.17) is 5.73 Å². The number of hydrogen-bond donors (Lipinski definition) is 2. The van der Waals surface area contributed by atoms with Gasteiger partial charge >= 0.3 is 0 Å². The summed E-state index contributed by atoms with van der Waals surface area (Å²) in [6.45, 7) is 4.64. The lowest BCUT2D eigenvalue weighted by Gasteiger charge is -2.15. The summed E-state index contributed by atoms with van der Waals surface area (Å²) in [5.74, 6) is 0. The summed E-state index contributed by atoms with van der Waals surface area (Å²) in [5.41, 5.74) is 5.63. The van der Waals surface area contributed by atoms with E-state index in [0.29, 0.717) is 6.04 Å². The van der Waals surface area contributed by atoms with Gasteiger partial charge in [-0.1, -0.05) is 38.2 Å². The van der Waals surface area contributed by atoms with E-state index in [1.54, 1.807) is 0 Å². The molecule has 2 saturated carbocycles. The summed E-state index contributed by atoms with van der Waals surface area (Å²) in [5, 5.41) is 3.41. The van der Waals surface area contributed by atoms with E-state index in [9.17, 15) is 0 Å². The monoisotopic (exact) mass is 224 g/mol. The zero-order valence-electron chi connectivity index (χ0n) is 10.6. The Balaban J connectivity index is 0.000000165. The molecule has 94 valence electrons. The smallest absolute Gasteiger partial charge is 0.0134 e. The SMILES string of the molecule is C=CCNC1CCCC1.NC1CCCCC1. The molecule has 0 aromatic rings. The van der Waals surface area contributed by atoms with Crippen molar-refractivity contribution in [2.24, 2.45) is 5.73 Å². The molecule has 0 aliphatic heterocycles. The first kappa shape index (κ1) is 13.7. The number of rotatable bonds is 3. The third-order valence-electron chi connectivity index (χ3n) is 3.56. The molecule has 0 aromatic carbocycles. The van der Waals surface area contributed by atoms with Crippen LogP contribution in [-0.2, 0) is 0 Å². The first-order valence-electron chi connectivity index (χ1n) is 6.93. The first-order chi connectivity index (χ1) is 7.83. The summed E-state index contributed by atoms with van der Waals surface area (Å²) in [7, 11) is 0. The number of nitrogens with one attached hydrogen (secondary N) is 1. The van der Waals surface area contributed by atoms with Gasteiger partial charge in [-0.3, -0.25) is 0 Å². The minimum Gasteiger partial charge on any atom is -0.328 e. The average Bonchev–Trinajstić information content (AvgIpc) is 2.81. The van der Waals surface area contributed by atoms with Crippen molar-refractivity contribution in [1.29, 1.82) is 0 Å². The van der Waals surface area contributed by atoms with Gasteiger partial charge in [-0.25, -0.2) is 0 Å². The maximum absolute atomic E-state index is 5.63. The van der Waals surface area contributed by atoms with E-state index in [1.165, 1.54) is 57.8 Å². The van der Waals surface area contributed by atoms with Gasteiger partial charge < -0.3 is 11.1 Å². The predicted octanol–water partition coefficient (Wildman–Crippen LogP) is 2.98. The van der Waals surface area contributed by atoms with Gasteiger partial charge in [-0.05, 0) is 25.7 Å². The van der Waals surface area contributed by atoms with Crippen molar-refractivity contribution < 1.29 is 0 Å². The third-order valence-corrected chi connectivity index (χ3v) is 3.56. The quantitative estimate of drug-likeness (QED) is 0.723. The Morgan fingerprint density at radius 3 is 2.00 bits per heavy atom. The Kier molecular flexibility index (Phi) is 7.52. The molecule has 0 heterocycles. The van der Waals surface area contributed by atoms with Gasteiger partial charge in [0.15, 0.2) is 0 Å². The molecular formula is C14H28N2. The van der Waals surface area contributed by atoms with E-state index in [2.05, 4.69) is 11.9 Å². The average molecular weight is 224 g/mol. The highest BCUT2D eigenvalue weighted by Gasteiger charge is 2.12. The zero-order chi connectivity index (χ0) is 11.6. The normalized spacial score (nSPS) is 22.6. The molecule has 0 unspecified atom stereocenters. The minimum atomic E-state index is 0.536. The number of nitrogens with two attached hydrogens (primary N) is 1. The Bertz CT molecular complexity index is 168. The maximum atomic E-state index is 5.63. The fourth-order valence-electron chi connectivity index (χ4n) is 2.51. The summed E-state index contributed by atoms with van der Waals surface area (Å²) in [6.07, 6.45) is 14.2. The molecule has 0 radical (unpaired) electrons. The standard InChI is InChI=1S/C8H15N.C6H13N/c1-2-7-9-8-5-3-4-6-8;7-6-4-2-1-3-5-6/h2,8-9H,1,3-7H2;6H,1-5,7H2. The Labute approximate surface area is 101 Å². The van der Waals surface area contributed by atoms with E-state index < -0.39 is 0 Å². The van der Waals surface area contributed by atoms with Crippen LogP contribution in [0.4, 0.5) is 0 Å². The van der Waals surface area contributed by atoms with Crippen LogP contribution in [0.1, 0.15) is 57.8 Å². The van der Waals surface area contributed by atoms with Gasteiger partial charge in [0.1, 0.15) is 0 Å². The molecule has 0 bridgehead atoms. The topological polar surface area (TPSA) is 38.0 Å². The molecule has 2 nitrogen and oxygen atoms in total. The molecule has 2 aliphatic carbocycles. The Morgan fingerprint density at radius 1 is 1.00 bits per heavy atom. The fraction of sp³-hybridized carbons (Fsp3) is 0.857. The largest absolute Gasteiger partial charge is 0.328 e. The molecule has 0 saturated heterocycles. The lowest BCUT2D eigenvalue weighted by atomic mass is 9.97. The lowest BCUT2D eigenvalue weighted by Crippen LogP contribution is -2.25. The molecule has 16 heavy (non-hydrogen) atoms. The van der Waals surface area contributed by atoms with Crippen molar-refractivity contribution in [2.75, 3.05) is 6.54 Å². The lowest BCUT2D eigenvalue weighted by molar-refractivity contribution is 0.441. The maximum Gasteiger partial charge on any atom is 0.0134 e. The second-order valence-corrected chi connectivity index (χ2v) is 5.08. The third kappa shape index (κ3) is 6.29. The van der Waals surface area contributed by atoms with Crippen molar-refractivity contribution in [3.63, 3.8) is 0 Å². The van der Waals surface area contributed by atoms with Gasteiger partial charge in [-0.2, -0.15) is 0 Å². The highest BCUT2D eigenvalue weighted by atomic mass is 14.9. The van der Waals surface area contributed by atoms with Crippen molar-refractivity contribution in [3.05, 3.63) is 12.7 Å². The Hall–Kier alpha value is -0.340. The fourth-order valence-corrected chi connectivity index (χ4v) is 2.51. The van der Waals surface area contributed by atoms with E-state index in [1.807, 2.05) is 6.08 Å². The summed E-state index contributed by atoms with van der Waals surface area (Å²) in [4.78, 5) is 0. The van der Waals surface area contributed by atoms with Crippen LogP contribution in [0.25, 0.3) is 0 Å². The molecule has 2 fully saturated rings. The number of hydrogen-bond acceptors (Lipinski definition) is 2. The van der Waals surface area contributed by atoms with Crippen molar-refractivity contribution >= 4 is 0 Å². The van der Waals surface area contributed by atoms with Crippen LogP contribution in [0.15, 0.2) is 12.7 Å². The van der Waals surface area contributed by atoms with E-state index in [0.717, 1.165) is 12.6 Å². The van der Waals surface area contributed by atoms with Crippen molar-refractivity contribution in [3.8, 4) is 0 Å².